The summed E-state index contributed by atoms with van der Waals surface area (Å²) in [6.07, 6.45) is 0. The van der Waals surface area contributed by atoms with Gasteiger partial charge in [0.1, 0.15) is 5.82 Å². The third-order valence-corrected chi connectivity index (χ3v) is 4.01. The van der Waals surface area contributed by atoms with E-state index in [-0.39, 0.29) is 23.4 Å². The molecule has 2 rings (SSSR count). The Hall–Kier alpha value is -2.28. The Morgan fingerprint density at radius 1 is 1.33 bits per heavy atom. The van der Waals surface area contributed by atoms with Crippen LogP contribution in [0.1, 0.15) is 27.0 Å². The van der Waals surface area contributed by atoms with Gasteiger partial charge in [-0.2, -0.15) is 11.3 Å². The van der Waals surface area contributed by atoms with Crippen molar-refractivity contribution in [1.82, 2.24) is 5.32 Å². The highest BCUT2D eigenvalue weighted by molar-refractivity contribution is 7.08. The molecule has 0 unspecified atom stereocenters. The monoisotopic (exact) mass is 308 g/mol. The predicted molar refractivity (Wildman–Crippen MR) is 78.0 cm³/mol. The lowest BCUT2D eigenvalue weighted by Gasteiger charge is -2.07. The van der Waals surface area contributed by atoms with Crippen LogP contribution in [0.5, 0.6) is 0 Å². The molecule has 0 bridgehead atoms. The van der Waals surface area contributed by atoms with Crippen molar-refractivity contribution in [3.63, 3.8) is 0 Å². The zero-order chi connectivity index (χ0) is 15.6. The Kier molecular flexibility index (Phi) is 4.32. The van der Waals surface area contributed by atoms with Crippen molar-refractivity contribution in [3.8, 4) is 0 Å². The van der Waals surface area contributed by atoms with Crippen molar-refractivity contribution in [2.45, 2.75) is 20.4 Å². The largest absolute Gasteiger partial charge is 0.348 e. The van der Waals surface area contributed by atoms with Crippen LogP contribution in [0.25, 0.3) is 0 Å². The molecule has 21 heavy (non-hydrogen) atoms. The quantitative estimate of drug-likeness (QED) is 0.695. The van der Waals surface area contributed by atoms with Gasteiger partial charge in [-0.15, -0.1) is 0 Å². The predicted octanol–water partition coefficient (Wildman–Crippen LogP) is 3.34. The molecule has 2 aromatic rings. The SMILES string of the molecule is Cc1cscc1CNC(=O)c1cc([N+](=O)[O-])cc(C)c1F. The van der Waals surface area contributed by atoms with Crippen LogP contribution >= 0.6 is 11.3 Å². The number of halogens is 1. The molecular weight excluding hydrogens is 295 g/mol. The van der Waals surface area contributed by atoms with E-state index >= 15 is 0 Å². The van der Waals surface area contributed by atoms with E-state index in [4.69, 9.17) is 0 Å². The smallest absolute Gasteiger partial charge is 0.270 e. The van der Waals surface area contributed by atoms with E-state index in [1.807, 2.05) is 17.7 Å². The number of hydrogen-bond donors (Lipinski definition) is 1. The molecule has 0 fully saturated rings. The first kappa shape index (κ1) is 15.1. The minimum Gasteiger partial charge on any atom is -0.348 e. The number of nitro groups is 1. The Bertz CT molecular complexity index is 712. The number of amides is 1. The van der Waals surface area contributed by atoms with Crippen molar-refractivity contribution in [2.24, 2.45) is 0 Å². The van der Waals surface area contributed by atoms with Gasteiger partial charge in [0, 0.05) is 18.7 Å². The summed E-state index contributed by atoms with van der Waals surface area (Å²) in [6, 6.07) is 2.06. The Labute approximate surface area is 124 Å². The van der Waals surface area contributed by atoms with Gasteiger partial charge in [-0.3, -0.25) is 14.9 Å². The maximum Gasteiger partial charge on any atom is 0.270 e. The molecule has 5 nitrogen and oxygen atoms in total. The maximum atomic E-state index is 14.0. The number of hydrogen-bond acceptors (Lipinski definition) is 4. The van der Waals surface area contributed by atoms with E-state index < -0.39 is 16.6 Å². The number of nitrogens with one attached hydrogen (secondary N) is 1. The average molecular weight is 308 g/mol. The molecule has 110 valence electrons. The highest BCUT2D eigenvalue weighted by Crippen LogP contribution is 2.21. The molecule has 1 N–H and O–H groups in total. The number of carbonyl (C=O) groups is 1. The lowest BCUT2D eigenvalue weighted by Crippen LogP contribution is -2.24. The third kappa shape index (κ3) is 3.25. The molecule has 1 heterocycles. The summed E-state index contributed by atoms with van der Waals surface area (Å²) in [5.74, 6) is -1.40. The van der Waals surface area contributed by atoms with E-state index in [0.717, 1.165) is 23.3 Å². The fraction of sp³-hybridized carbons (Fsp3) is 0.214. The summed E-state index contributed by atoms with van der Waals surface area (Å²) in [5, 5.41) is 17.2. The van der Waals surface area contributed by atoms with Crippen LogP contribution in [-0.2, 0) is 6.54 Å². The Morgan fingerprint density at radius 3 is 2.62 bits per heavy atom. The normalized spacial score (nSPS) is 10.4. The number of benzene rings is 1. The second kappa shape index (κ2) is 6.01. The molecule has 1 amide bonds. The van der Waals surface area contributed by atoms with Gasteiger partial charge in [0.2, 0.25) is 0 Å². The number of nitrogens with zero attached hydrogens (tertiary/aromatic N) is 1. The zero-order valence-electron chi connectivity index (χ0n) is 11.5. The topological polar surface area (TPSA) is 72.2 Å². The molecule has 0 aliphatic heterocycles. The van der Waals surface area contributed by atoms with E-state index in [9.17, 15) is 19.3 Å². The van der Waals surface area contributed by atoms with E-state index in [1.54, 1.807) is 0 Å². The van der Waals surface area contributed by atoms with Crippen molar-refractivity contribution >= 4 is 22.9 Å². The molecule has 0 spiro atoms. The fourth-order valence-electron chi connectivity index (χ4n) is 1.86. The standard InChI is InChI=1S/C14H13FN2O3S/c1-8-3-11(17(19)20)4-12(13(8)15)14(18)16-5-10-7-21-6-9(10)2/h3-4,6-7H,5H2,1-2H3,(H,16,18). The summed E-state index contributed by atoms with van der Waals surface area (Å²) >= 11 is 1.51. The van der Waals surface area contributed by atoms with Gasteiger partial charge in [-0.1, -0.05) is 0 Å². The lowest BCUT2D eigenvalue weighted by molar-refractivity contribution is -0.385. The van der Waals surface area contributed by atoms with Crippen LogP contribution in [0, 0.1) is 29.8 Å². The van der Waals surface area contributed by atoms with Crippen molar-refractivity contribution in [2.75, 3.05) is 0 Å². The number of rotatable bonds is 4. The van der Waals surface area contributed by atoms with E-state index in [0.29, 0.717) is 0 Å². The van der Waals surface area contributed by atoms with Crippen LogP contribution in [0.4, 0.5) is 10.1 Å². The lowest BCUT2D eigenvalue weighted by atomic mass is 10.1. The number of carbonyl (C=O) groups excluding carboxylic acids is 1. The molecule has 0 aliphatic carbocycles. The molecule has 7 heteroatoms. The van der Waals surface area contributed by atoms with Crippen LogP contribution < -0.4 is 5.32 Å². The molecule has 0 radical (unpaired) electrons. The first-order valence-electron chi connectivity index (χ1n) is 6.14. The average Bonchev–Trinajstić information content (AvgIpc) is 2.84. The maximum absolute atomic E-state index is 14.0. The number of thiophene rings is 1. The van der Waals surface area contributed by atoms with Gasteiger partial charge in [0.15, 0.2) is 0 Å². The van der Waals surface area contributed by atoms with Crippen LogP contribution in [0.3, 0.4) is 0 Å². The minimum absolute atomic E-state index is 0.0704. The van der Waals surface area contributed by atoms with E-state index in [1.165, 1.54) is 18.3 Å². The highest BCUT2D eigenvalue weighted by atomic mass is 32.1. The molecule has 0 atom stereocenters. The molecule has 1 aromatic carbocycles. The van der Waals surface area contributed by atoms with Crippen LogP contribution in [0.15, 0.2) is 22.9 Å². The Balaban J connectivity index is 2.22. The highest BCUT2D eigenvalue weighted by Gasteiger charge is 2.19. The van der Waals surface area contributed by atoms with Crippen molar-refractivity contribution in [1.29, 1.82) is 0 Å². The van der Waals surface area contributed by atoms with Gasteiger partial charge < -0.3 is 5.32 Å². The molecular formula is C14H13FN2O3S. The summed E-state index contributed by atoms with van der Waals surface area (Å²) in [5.41, 5.74) is 1.44. The van der Waals surface area contributed by atoms with Gasteiger partial charge in [0.25, 0.3) is 11.6 Å². The zero-order valence-corrected chi connectivity index (χ0v) is 12.3. The molecule has 0 saturated heterocycles. The second-order valence-electron chi connectivity index (χ2n) is 4.64. The van der Waals surface area contributed by atoms with E-state index in [2.05, 4.69) is 5.32 Å². The molecule has 0 saturated carbocycles. The van der Waals surface area contributed by atoms with Gasteiger partial charge in [-0.05, 0) is 41.3 Å². The third-order valence-electron chi connectivity index (χ3n) is 3.10. The summed E-state index contributed by atoms with van der Waals surface area (Å²) in [7, 11) is 0. The first-order valence-corrected chi connectivity index (χ1v) is 7.09. The Morgan fingerprint density at radius 2 is 2.05 bits per heavy atom. The molecule has 0 aliphatic rings. The summed E-state index contributed by atoms with van der Waals surface area (Å²) in [6.45, 7) is 3.56. The fourth-order valence-corrected chi connectivity index (χ4v) is 2.72. The van der Waals surface area contributed by atoms with Crippen molar-refractivity contribution < 1.29 is 14.1 Å². The number of aryl methyl sites for hydroxylation is 2. The number of non-ortho nitro benzene ring substituents is 1. The summed E-state index contributed by atoms with van der Waals surface area (Å²) < 4.78 is 14.0. The summed E-state index contributed by atoms with van der Waals surface area (Å²) in [4.78, 5) is 22.2. The van der Waals surface area contributed by atoms with Crippen LogP contribution in [-0.4, -0.2) is 10.8 Å². The van der Waals surface area contributed by atoms with Gasteiger partial charge in [-0.25, -0.2) is 4.39 Å². The minimum atomic E-state index is -0.736. The van der Waals surface area contributed by atoms with Crippen molar-refractivity contribution in [3.05, 3.63) is 61.1 Å². The van der Waals surface area contributed by atoms with Crippen LogP contribution in [0.2, 0.25) is 0 Å². The first-order chi connectivity index (χ1) is 9.90. The van der Waals surface area contributed by atoms with Gasteiger partial charge in [0.05, 0.1) is 10.5 Å². The number of nitro benzene ring substituents is 1. The molecule has 1 aromatic heterocycles. The van der Waals surface area contributed by atoms with Gasteiger partial charge >= 0.3 is 0 Å². The second-order valence-corrected chi connectivity index (χ2v) is 5.39.